The zero-order valence-electron chi connectivity index (χ0n) is 12.5. The summed E-state index contributed by atoms with van der Waals surface area (Å²) < 4.78 is 1.88. The van der Waals surface area contributed by atoms with E-state index in [1.54, 1.807) is 24.7 Å². The first-order chi connectivity index (χ1) is 11.1. The summed E-state index contributed by atoms with van der Waals surface area (Å²) in [5, 5.41) is 3.44. The van der Waals surface area contributed by atoms with Gasteiger partial charge in [0.1, 0.15) is 5.69 Å². The van der Waals surface area contributed by atoms with Crippen LogP contribution in [0.2, 0.25) is 5.02 Å². The fourth-order valence-corrected chi connectivity index (χ4v) is 2.42. The van der Waals surface area contributed by atoms with Gasteiger partial charge < -0.3 is 9.88 Å². The number of nitrogens with zero attached hydrogens (tertiary/aromatic N) is 3. The Bertz CT molecular complexity index is 844. The zero-order chi connectivity index (χ0) is 16.2. The largest absolute Gasteiger partial charge is 0.331 e. The highest BCUT2D eigenvalue weighted by Crippen LogP contribution is 2.13. The molecule has 0 aliphatic rings. The Morgan fingerprint density at radius 2 is 2.09 bits per heavy atom. The first-order valence-electron chi connectivity index (χ1n) is 7.11. The highest BCUT2D eigenvalue weighted by Gasteiger charge is 2.09. The van der Waals surface area contributed by atoms with Gasteiger partial charge in [-0.25, -0.2) is 9.97 Å². The number of carbonyl (C=O) groups excluding carboxylic acids is 1. The van der Waals surface area contributed by atoms with E-state index in [2.05, 4.69) is 15.3 Å². The van der Waals surface area contributed by atoms with Crippen LogP contribution in [0.15, 0.2) is 55.0 Å². The molecule has 116 valence electrons. The molecule has 3 aromatic rings. The number of hydrogen-bond donors (Lipinski definition) is 1. The van der Waals surface area contributed by atoms with Crippen molar-refractivity contribution in [2.45, 2.75) is 13.5 Å². The first-order valence-corrected chi connectivity index (χ1v) is 7.49. The molecule has 0 radical (unpaired) electrons. The Balaban J connectivity index is 1.68. The predicted octanol–water partition coefficient (Wildman–Crippen LogP) is 3.54. The van der Waals surface area contributed by atoms with Crippen molar-refractivity contribution in [1.29, 1.82) is 0 Å². The summed E-state index contributed by atoms with van der Waals surface area (Å²) in [6.07, 6.45) is 3.44. The lowest BCUT2D eigenvalue weighted by molar-refractivity contribution is 0.102. The van der Waals surface area contributed by atoms with E-state index in [0.29, 0.717) is 23.1 Å². The fourth-order valence-electron chi connectivity index (χ4n) is 2.21. The standard InChI is InChI=1S/C17H15ClN4O/c1-12-4-2-7-15(20-12)17(23)21-16-10-22(11-19-16)9-13-5-3-6-14(18)8-13/h2-8,10-11H,9H2,1H3,(H,21,23). The fraction of sp³-hybridized carbons (Fsp3) is 0.118. The second-order valence-electron chi connectivity index (χ2n) is 5.18. The van der Waals surface area contributed by atoms with Gasteiger partial charge in [-0.15, -0.1) is 0 Å². The minimum absolute atomic E-state index is 0.276. The van der Waals surface area contributed by atoms with Gasteiger partial charge in [-0.1, -0.05) is 29.8 Å². The number of pyridine rings is 1. The Kier molecular flexibility index (Phi) is 4.39. The maximum Gasteiger partial charge on any atom is 0.275 e. The molecular formula is C17H15ClN4O. The minimum atomic E-state index is -0.276. The van der Waals surface area contributed by atoms with Crippen LogP contribution in [0, 0.1) is 6.92 Å². The number of amides is 1. The second-order valence-corrected chi connectivity index (χ2v) is 5.62. The van der Waals surface area contributed by atoms with Crippen LogP contribution in [0.25, 0.3) is 0 Å². The van der Waals surface area contributed by atoms with E-state index in [1.165, 1.54) is 0 Å². The Morgan fingerprint density at radius 1 is 1.26 bits per heavy atom. The van der Waals surface area contributed by atoms with Crippen molar-refractivity contribution in [3.63, 3.8) is 0 Å². The van der Waals surface area contributed by atoms with Crippen LogP contribution >= 0.6 is 11.6 Å². The van der Waals surface area contributed by atoms with Crippen LogP contribution in [0.4, 0.5) is 5.82 Å². The van der Waals surface area contributed by atoms with Gasteiger partial charge in [-0.2, -0.15) is 0 Å². The molecule has 0 fully saturated rings. The van der Waals surface area contributed by atoms with Gasteiger partial charge in [0.05, 0.1) is 6.33 Å². The Morgan fingerprint density at radius 3 is 2.87 bits per heavy atom. The van der Waals surface area contributed by atoms with Gasteiger partial charge in [-0.05, 0) is 36.8 Å². The average Bonchev–Trinajstić information content (AvgIpc) is 2.94. The van der Waals surface area contributed by atoms with E-state index in [1.807, 2.05) is 41.8 Å². The number of hydrogen-bond acceptors (Lipinski definition) is 3. The topological polar surface area (TPSA) is 59.8 Å². The summed E-state index contributed by atoms with van der Waals surface area (Å²) in [4.78, 5) is 20.5. The highest BCUT2D eigenvalue weighted by molar-refractivity contribution is 6.30. The number of aromatic nitrogens is 3. The highest BCUT2D eigenvalue weighted by atomic mass is 35.5. The van der Waals surface area contributed by atoms with E-state index in [-0.39, 0.29) is 5.91 Å². The third-order valence-corrected chi connectivity index (χ3v) is 3.49. The van der Waals surface area contributed by atoms with Gasteiger partial charge >= 0.3 is 0 Å². The van der Waals surface area contributed by atoms with Gasteiger partial charge in [-0.3, -0.25) is 4.79 Å². The summed E-state index contributed by atoms with van der Waals surface area (Å²) in [5.74, 6) is 0.210. The van der Waals surface area contributed by atoms with Crippen LogP contribution < -0.4 is 5.32 Å². The molecule has 1 N–H and O–H groups in total. The van der Waals surface area contributed by atoms with Gasteiger partial charge in [0.25, 0.3) is 5.91 Å². The molecule has 0 atom stereocenters. The first kappa shape index (κ1) is 15.2. The molecule has 0 aliphatic heterocycles. The molecule has 23 heavy (non-hydrogen) atoms. The van der Waals surface area contributed by atoms with E-state index < -0.39 is 0 Å². The lowest BCUT2D eigenvalue weighted by Gasteiger charge is -2.03. The number of aryl methyl sites for hydroxylation is 1. The number of rotatable bonds is 4. The summed E-state index contributed by atoms with van der Waals surface area (Å²) in [5.41, 5.74) is 2.23. The third-order valence-electron chi connectivity index (χ3n) is 3.25. The molecule has 0 bridgehead atoms. The summed E-state index contributed by atoms with van der Waals surface area (Å²) >= 11 is 5.98. The second kappa shape index (κ2) is 6.62. The molecule has 3 rings (SSSR count). The molecule has 0 saturated carbocycles. The van der Waals surface area contributed by atoms with Crippen molar-refractivity contribution in [3.8, 4) is 0 Å². The van der Waals surface area contributed by atoms with Crippen molar-refractivity contribution in [1.82, 2.24) is 14.5 Å². The van der Waals surface area contributed by atoms with Crippen LogP contribution in [-0.4, -0.2) is 20.4 Å². The van der Waals surface area contributed by atoms with Crippen molar-refractivity contribution in [2.75, 3.05) is 5.32 Å². The molecular weight excluding hydrogens is 312 g/mol. The van der Waals surface area contributed by atoms with Crippen molar-refractivity contribution >= 4 is 23.3 Å². The molecule has 1 amide bonds. The van der Waals surface area contributed by atoms with Crippen molar-refractivity contribution < 1.29 is 4.79 Å². The molecule has 2 heterocycles. The molecule has 0 aliphatic carbocycles. The van der Waals surface area contributed by atoms with Gasteiger partial charge in [0, 0.05) is 23.5 Å². The molecule has 1 aromatic carbocycles. The lowest BCUT2D eigenvalue weighted by atomic mass is 10.2. The van der Waals surface area contributed by atoms with Gasteiger partial charge in [0.15, 0.2) is 5.82 Å². The van der Waals surface area contributed by atoms with Crippen LogP contribution in [0.5, 0.6) is 0 Å². The summed E-state index contributed by atoms with van der Waals surface area (Å²) in [7, 11) is 0. The summed E-state index contributed by atoms with van der Waals surface area (Å²) in [6.45, 7) is 2.47. The molecule has 0 spiro atoms. The van der Waals surface area contributed by atoms with Crippen LogP contribution in [-0.2, 0) is 6.54 Å². The van der Waals surface area contributed by atoms with Crippen LogP contribution in [0.3, 0.4) is 0 Å². The molecule has 0 unspecified atom stereocenters. The maximum absolute atomic E-state index is 12.1. The molecule has 5 nitrogen and oxygen atoms in total. The Hall–Kier alpha value is -2.66. The number of nitrogens with one attached hydrogen (secondary N) is 1. The smallest absolute Gasteiger partial charge is 0.275 e. The van der Waals surface area contributed by atoms with E-state index in [4.69, 9.17) is 11.6 Å². The number of imidazole rings is 1. The lowest BCUT2D eigenvalue weighted by Crippen LogP contribution is -2.14. The SMILES string of the molecule is Cc1cccc(C(=O)Nc2cn(Cc3cccc(Cl)c3)cn2)n1. The average molecular weight is 327 g/mol. The minimum Gasteiger partial charge on any atom is -0.331 e. The quantitative estimate of drug-likeness (QED) is 0.797. The predicted molar refractivity (Wildman–Crippen MR) is 89.7 cm³/mol. The zero-order valence-corrected chi connectivity index (χ0v) is 13.3. The number of benzene rings is 1. The van der Waals surface area contributed by atoms with Crippen molar-refractivity contribution in [3.05, 3.63) is 77.0 Å². The molecule has 0 saturated heterocycles. The Labute approximate surface area is 139 Å². The van der Waals surface area contributed by atoms with E-state index in [0.717, 1.165) is 11.3 Å². The van der Waals surface area contributed by atoms with Crippen molar-refractivity contribution in [2.24, 2.45) is 0 Å². The monoisotopic (exact) mass is 326 g/mol. The third kappa shape index (κ3) is 3.96. The normalized spacial score (nSPS) is 10.5. The molecule has 2 aromatic heterocycles. The van der Waals surface area contributed by atoms with E-state index in [9.17, 15) is 4.79 Å². The number of carbonyl (C=O) groups is 1. The number of halogens is 1. The maximum atomic E-state index is 12.1. The number of anilines is 1. The molecule has 6 heteroatoms. The van der Waals surface area contributed by atoms with Crippen LogP contribution in [0.1, 0.15) is 21.7 Å². The summed E-state index contributed by atoms with van der Waals surface area (Å²) in [6, 6.07) is 12.9. The van der Waals surface area contributed by atoms with E-state index >= 15 is 0 Å². The van der Waals surface area contributed by atoms with Gasteiger partial charge in [0.2, 0.25) is 0 Å².